The monoisotopic (exact) mass is 279 g/mol. The van der Waals surface area contributed by atoms with E-state index in [-0.39, 0.29) is 12.4 Å². The molecule has 0 aliphatic rings. The van der Waals surface area contributed by atoms with Gasteiger partial charge in [-0.05, 0) is 18.2 Å². The summed E-state index contributed by atoms with van der Waals surface area (Å²) in [5.41, 5.74) is 2.98. The summed E-state index contributed by atoms with van der Waals surface area (Å²) in [6, 6.07) is 2.63. The molecule has 0 saturated heterocycles. The molecular formula is C11H12F3NO4. The van der Waals surface area contributed by atoms with Crippen molar-refractivity contribution in [3.8, 4) is 5.75 Å². The smallest absolute Gasteiger partial charge is 0.417 e. The van der Waals surface area contributed by atoms with Gasteiger partial charge in [0.25, 0.3) is 0 Å². The molecular weight excluding hydrogens is 267 g/mol. The van der Waals surface area contributed by atoms with Crippen molar-refractivity contribution < 1.29 is 32.9 Å². The van der Waals surface area contributed by atoms with Crippen molar-refractivity contribution >= 4 is 5.91 Å². The summed E-state index contributed by atoms with van der Waals surface area (Å²) >= 11 is 0. The Morgan fingerprint density at radius 1 is 1.42 bits per heavy atom. The molecule has 5 nitrogen and oxygen atoms in total. The van der Waals surface area contributed by atoms with Crippen LogP contribution in [0.25, 0.3) is 0 Å². The zero-order valence-electron chi connectivity index (χ0n) is 9.65. The molecule has 1 aromatic rings. The summed E-state index contributed by atoms with van der Waals surface area (Å²) in [6.07, 6.45) is -5.95. The highest BCUT2D eigenvalue weighted by Gasteiger charge is 2.35. The Labute approximate surface area is 106 Å². The molecule has 0 fully saturated rings. The molecule has 0 heterocycles. The number of carbonyl (C=O) groups excluding carboxylic acids is 1. The Bertz CT molecular complexity index is 462. The van der Waals surface area contributed by atoms with Crippen molar-refractivity contribution in [1.82, 2.24) is 0 Å². The van der Waals surface area contributed by atoms with Crippen LogP contribution < -0.4 is 10.5 Å². The summed E-state index contributed by atoms with van der Waals surface area (Å²) < 4.78 is 43.0. The van der Waals surface area contributed by atoms with Gasteiger partial charge in [0.05, 0.1) is 17.7 Å². The quantitative estimate of drug-likeness (QED) is 0.733. The average Bonchev–Trinajstić information content (AvgIpc) is 2.34. The van der Waals surface area contributed by atoms with E-state index in [1.807, 2.05) is 0 Å². The molecule has 8 heteroatoms. The van der Waals surface area contributed by atoms with E-state index in [4.69, 9.17) is 20.7 Å². The third kappa shape index (κ3) is 4.11. The number of benzene rings is 1. The minimum Gasteiger partial charge on any atom is -0.491 e. The molecule has 1 aromatic carbocycles. The van der Waals surface area contributed by atoms with E-state index in [0.29, 0.717) is 6.07 Å². The molecule has 0 aliphatic heterocycles. The zero-order valence-corrected chi connectivity index (χ0v) is 9.65. The van der Waals surface area contributed by atoms with E-state index in [0.717, 1.165) is 12.1 Å². The normalized spacial score (nSPS) is 13.1. The Kier molecular flexibility index (Phi) is 4.73. The predicted molar refractivity (Wildman–Crippen MR) is 58.5 cm³/mol. The summed E-state index contributed by atoms with van der Waals surface area (Å²) in [6.45, 7) is -0.949. The summed E-state index contributed by atoms with van der Waals surface area (Å²) in [4.78, 5) is 10.9. The zero-order chi connectivity index (χ0) is 14.6. The molecule has 0 radical (unpaired) electrons. The van der Waals surface area contributed by atoms with Gasteiger partial charge in [-0.2, -0.15) is 13.2 Å². The molecule has 1 unspecified atom stereocenters. The van der Waals surface area contributed by atoms with Crippen molar-refractivity contribution in [2.75, 3.05) is 13.2 Å². The first-order valence-corrected chi connectivity index (χ1v) is 5.18. The van der Waals surface area contributed by atoms with E-state index < -0.39 is 35.9 Å². The van der Waals surface area contributed by atoms with Crippen LogP contribution in [0.3, 0.4) is 0 Å². The topological polar surface area (TPSA) is 92.8 Å². The van der Waals surface area contributed by atoms with Crippen molar-refractivity contribution in [3.63, 3.8) is 0 Å². The number of hydrogen-bond donors (Lipinski definition) is 3. The van der Waals surface area contributed by atoms with Crippen LogP contribution in [0.1, 0.15) is 15.9 Å². The maximum Gasteiger partial charge on any atom is 0.417 e. The van der Waals surface area contributed by atoms with Crippen LogP contribution in [-0.4, -0.2) is 35.4 Å². The molecule has 0 aliphatic carbocycles. The van der Waals surface area contributed by atoms with Crippen LogP contribution in [0.5, 0.6) is 5.75 Å². The Morgan fingerprint density at radius 2 is 2.05 bits per heavy atom. The number of nitrogens with two attached hydrogens (primary N) is 1. The number of amides is 1. The molecule has 19 heavy (non-hydrogen) atoms. The molecule has 1 amide bonds. The van der Waals surface area contributed by atoms with Crippen LogP contribution in [0.15, 0.2) is 18.2 Å². The fourth-order valence-corrected chi connectivity index (χ4v) is 1.31. The summed E-state index contributed by atoms with van der Waals surface area (Å²) in [7, 11) is 0. The second-order valence-electron chi connectivity index (χ2n) is 3.72. The van der Waals surface area contributed by atoms with Gasteiger partial charge in [0.15, 0.2) is 0 Å². The first-order valence-electron chi connectivity index (χ1n) is 5.18. The molecule has 106 valence electrons. The second-order valence-corrected chi connectivity index (χ2v) is 3.72. The van der Waals surface area contributed by atoms with Crippen LogP contribution >= 0.6 is 0 Å². The molecule has 4 N–H and O–H groups in total. The first-order chi connectivity index (χ1) is 8.75. The Hall–Kier alpha value is -1.80. The van der Waals surface area contributed by atoms with E-state index in [2.05, 4.69) is 0 Å². The van der Waals surface area contributed by atoms with Crippen molar-refractivity contribution in [2.24, 2.45) is 5.73 Å². The lowest BCUT2D eigenvalue weighted by Crippen LogP contribution is -2.22. The summed E-state index contributed by atoms with van der Waals surface area (Å²) in [5.74, 6) is -1.39. The van der Waals surface area contributed by atoms with Crippen LogP contribution in [0, 0.1) is 0 Å². The molecule has 0 saturated carbocycles. The van der Waals surface area contributed by atoms with Gasteiger partial charge in [-0.3, -0.25) is 4.79 Å². The third-order valence-corrected chi connectivity index (χ3v) is 2.22. The fraction of sp³-hybridized carbons (Fsp3) is 0.364. The number of hydrogen-bond acceptors (Lipinski definition) is 4. The SMILES string of the molecule is NC(=O)c1ccc(OCC(O)CO)cc1C(F)(F)F. The lowest BCUT2D eigenvalue weighted by Gasteiger charge is -2.14. The Morgan fingerprint density at radius 3 is 2.53 bits per heavy atom. The van der Waals surface area contributed by atoms with Crippen molar-refractivity contribution in [1.29, 1.82) is 0 Å². The van der Waals surface area contributed by atoms with Gasteiger partial charge in [-0.25, -0.2) is 0 Å². The maximum absolute atomic E-state index is 12.7. The fourth-order valence-electron chi connectivity index (χ4n) is 1.31. The summed E-state index contributed by atoms with van der Waals surface area (Å²) in [5, 5.41) is 17.6. The van der Waals surface area contributed by atoms with Crippen LogP contribution in [0.2, 0.25) is 0 Å². The van der Waals surface area contributed by atoms with E-state index in [9.17, 15) is 18.0 Å². The second kappa shape index (κ2) is 5.89. The average molecular weight is 279 g/mol. The minimum absolute atomic E-state index is 0.190. The first kappa shape index (κ1) is 15.3. The largest absolute Gasteiger partial charge is 0.491 e. The number of carbonyl (C=O) groups is 1. The highest BCUT2D eigenvalue weighted by atomic mass is 19.4. The van der Waals surface area contributed by atoms with Crippen molar-refractivity contribution in [3.05, 3.63) is 29.3 Å². The van der Waals surface area contributed by atoms with E-state index in [1.165, 1.54) is 0 Å². The highest BCUT2D eigenvalue weighted by Crippen LogP contribution is 2.34. The maximum atomic E-state index is 12.7. The van der Waals surface area contributed by atoms with Gasteiger partial charge < -0.3 is 20.7 Å². The number of aliphatic hydroxyl groups excluding tert-OH is 2. The van der Waals surface area contributed by atoms with Crippen LogP contribution in [0.4, 0.5) is 13.2 Å². The lowest BCUT2D eigenvalue weighted by molar-refractivity contribution is -0.138. The minimum atomic E-state index is -4.75. The van der Waals surface area contributed by atoms with Gasteiger partial charge in [0.1, 0.15) is 18.5 Å². The molecule has 0 bridgehead atoms. The molecule has 1 rings (SSSR count). The Balaban J connectivity index is 3.02. The molecule has 1 atom stereocenters. The molecule has 0 spiro atoms. The number of primary amides is 1. The standard InChI is InChI=1S/C11H12F3NO4/c12-11(13,14)9-3-7(19-5-6(17)4-16)1-2-8(9)10(15)18/h1-3,6,16-17H,4-5H2,(H2,15,18). The van der Waals surface area contributed by atoms with Crippen LogP contribution in [-0.2, 0) is 6.18 Å². The highest BCUT2D eigenvalue weighted by molar-refractivity contribution is 5.94. The van der Waals surface area contributed by atoms with Gasteiger partial charge in [-0.1, -0.05) is 0 Å². The molecule has 0 aromatic heterocycles. The van der Waals surface area contributed by atoms with Gasteiger partial charge >= 0.3 is 6.18 Å². The lowest BCUT2D eigenvalue weighted by atomic mass is 10.1. The third-order valence-electron chi connectivity index (χ3n) is 2.22. The van der Waals surface area contributed by atoms with Gasteiger partial charge in [0, 0.05) is 0 Å². The van der Waals surface area contributed by atoms with E-state index >= 15 is 0 Å². The van der Waals surface area contributed by atoms with E-state index in [1.54, 1.807) is 0 Å². The van der Waals surface area contributed by atoms with Gasteiger partial charge in [0.2, 0.25) is 5.91 Å². The predicted octanol–water partition coefficient (Wildman–Crippen LogP) is 0.536. The van der Waals surface area contributed by atoms with Crippen molar-refractivity contribution in [2.45, 2.75) is 12.3 Å². The number of aliphatic hydroxyl groups is 2. The number of ether oxygens (including phenoxy) is 1. The number of rotatable bonds is 5. The number of halogens is 3. The number of alkyl halides is 3. The van der Waals surface area contributed by atoms with Gasteiger partial charge in [-0.15, -0.1) is 0 Å².